The van der Waals surface area contributed by atoms with Crippen molar-refractivity contribution in [2.24, 2.45) is 0 Å². The van der Waals surface area contributed by atoms with Crippen LogP contribution in [0.3, 0.4) is 0 Å². The molecule has 6 aromatic rings. The molecular weight excluding hydrogens is 436 g/mol. The average Bonchev–Trinajstić information content (AvgIpc) is 2.95. The smallest absolute Gasteiger partial charge is 0.0543 e. The van der Waals surface area contributed by atoms with Crippen molar-refractivity contribution in [3.63, 3.8) is 0 Å². The van der Waals surface area contributed by atoms with Gasteiger partial charge in [-0.2, -0.15) is 0 Å². The van der Waals surface area contributed by atoms with Gasteiger partial charge in [-0.25, -0.2) is 0 Å². The lowest BCUT2D eigenvalue weighted by Crippen LogP contribution is -1.95. The van der Waals surface area contributed by atoms with E-state index in [4.69, 9.17) is 5.73 Å². The first-order valence-corrected chi connectivity index (χ1v) is 12.2. The van der Waals surface area contributed by atoms with E-state index in [0.29, 0.717) is 0 Å². The van der Waals surface area contributed by atoms with Gasteiger partial charge in [-0.3, -0.25) is 0 Å². The molecule has 0 amide bonds. The molecule has 0 atom stereocenters. The zero-order chi connectivity index (χ0) is 24.3. The van der Waals surface area contributed by atoms with Crippen LogP contribution in [0, 0.1) is 0 Å². The Morgan fingerprint density at radius 3 is 1.58 bits per heavy atom. The fraction of sp³-hybridized carbons (Fsp3) is 0. The number of rotatable bonds is 5. The molecule has 36 heavy (non-hydrogen) atoms. The highest BCUT2D eigenvalue weighted by atomic mass is 14.9. The summed E-state index contributed by atoms with van der Waals surface area (Å²) in [5.41, 5.74) is 15.9. The minimum absolute atomic E-state index is 0.781. The van der Waals surface area contributed by atoms with E-state index in [1.54, 1.807) is 0 Å². The first-order valence-electron chi connectivity index (χ1n) is 12.2. The molecule has 0 aromatic heterocycles. The Bertz CT molecular complexity index is 1620. The summed E-state index contributed by atoms with van der Waals surface area (Å²) in [5, 5.41) is 6.15. The molecule has 3 N–H and O–H groups in total. The molecule has 0 bridgehead atoms. The van der Waals surface area contributed by atoms with Crippen LogP contribution in [0.25, 0.3) is 44.2 Å². The van der Waals surface area contributed by atoms with Crippen molar-refractivity contribution in [2.45, 2.75) is 0 Å². The number of nitrogen functional groups attached to an aromatic ring is 1. The standard InChI is InChI=1S/C34H26N2/c35-30-19-14-26(15-20-30)24-10-12-25(13-11-24)27-16-21-31(22-17-27)36-34-32-9-5-4-8-29(32)18-23-33(34)28-6-2-1-3-7-28/h1-23,36H,35H2. The van der Waals surface area contributed by atoms with Crippen LogP contribution < -0.4 is 11.1 Å². The third-order valence-corrected chi connectivity index (χ3v) is 6.63. The molecule has 6 rings (SSSR count). The molecule has 0 spiro atoms. The lowest BCUT2D eigenvalue weighted by molar-refractivity contribution is 1.54. The highest BCUT2D eigenvalue weighted by Gasteiger charge is 2.10. The van der Waals surface area contributed by atoms with Crippen LogP contribution in [-0.4, -0.2) is 0 Å². The first-order chi connectivity index (χ1) is 17.7. The molecule has 172 valence electrons. The topological polar surface area (TPSA) is 38.0 Å². The second kappa shape index (κ2) is 9.44. The molecule has 0 unspecified atom stereocenters. The van der Waals surface area contributed by atoms with Crippen LogP contribution in [0.1, 0.15) is 0 Å². The SMILES string of the molecule is Nc1ccc(-c2ccc(-c3ccc(Nc4c(-c5ccccc5)ccc5ccccc45)cc3)cc2)cc1. The van der Waals surface area contributed by atoms with Crippen molar-refractivity contribution >= 4 is 27.8 Å². The van der Waals surface area contributed by atoms with Crippen molar-refractivity contribution < 1.29 is 0 Å². The van der Waals surface area contributed by atoms with Gasteiger partial charge in [0, 0.05) is 22.3 Å². The fourth-order valence-corrected chi connectivity index (χ4v) is 4.69. The normalized spacial score (nSPS) is 10.9. The number of benzene rings is 6. The Morgan fingerprint density at radius 1 is 0.417 bits per heavy atom. The van der Waals surface area contributed by atoms with Gasteiger partial charge in [0.15, 0.2) is 0 Å². The third kappa shape index (κ3) is 4.33. The van der Waals surface area contributed by atoms with Gasteiger partial charge in [-0.1, -0.05) is 115 Å². The maximum atomic E-state index is 5.83. The van der Waals surface area contributed by atoms with Crippen molar-refractivity contribution in [1.29, 1.82) is 0 Å². The molecule has 2 nitrogen and oxygen atoms in total. The van der Waals surface area contributed by atoms with E-state index in [1.807, 2.05) is 12.1 Å². The zero-order valence-corrected chi connectivity index (χ0v) is 19.9. The quantitative estimate of drug-likeness (QED) is 0.251. The summed E-state index contributed by atoms with van der Waals surface area (Å²) in [6.45, 7) is 0. The molecule has 0 aliphatic carbocycles. The van der Waals surface area contributed by atoms with Gasteiger partial charge < -0.3 is 11.1 Å². The summed E-state index contributed by atoms with van der Waals surface area (Å²) >= 11 is 0. The monoisotopic (exact) mass is 462 g/mol. The van der Waals surface area contributed by atoms with Crippen molar-refractivity contribution in [2.75, 3.05) is 11.1 Å². The Morgan fingerprint density at radius 2 is 0.944 bits per heavy atom. The van der Waals surface area contributed by atoms with E-state index in [-0.39, 0.29) is 0 Å². The number of hydrogen-bond acceptors (Lipinski definition) is 2. The van der Waals surface area contributed by atoms with Gasteiger partial charge in [0.1, 0.15) is 0 Å². The molecule has 0 heterocycles. The first kappa shape index (κ1) is 21.7. The van der Waals surface area contributed by atoms with Gasteiger partial charge >= 0.3 is 0 Å². The second-order valence-electron chi connectivity index (χ2n) is 8.98. The predicted octanol–water partition coefficient (Wildman–Crippen LogP) is 9.17. The second-order valence-corrected chi connectivity index (χ2v) is 8.98. The number of fused-ring (bicyclic) bond motifs is 1. The Balaban J connectivity index is 1.30. The molecule has 0 aliphatic heterocycles. The summed E-state index contributed by atoms with van der Waals surface area (Å²) in [6, 6.07) is 48.8. The van der Waals surface area contributed by atoms with Gasteiger partial charge in [0.2, 0.25) is 0 Å². The third-order valence-electron chi connectivity index (χ3n) is 6.63. The molecule has 0 saturated heterocycles. The Hall–Kier alpha value is -4.82. The molecule has 0 radical (unpaired) electrons. The molecule has 0 saturated carbocycles. The summed E-state index contributed by atoms with van der Waals surface area (Å²) in [6.07, 6.45) is 0. The van der Waals surface area contributed by atoms with Crippen molar-refractivity contribution in [1.82, 2.24) is 0 Å². The van der Waals surface area contributed by atoms with Crippen molar-refractivity contribution in [3.05, 3.63) is 140 Å². The molecular formula is C34H26N2. The largest absolute Gasteiger partial charge is 0.399 e. The maximum absolute atomic E-state index is 5.83. The van der Waals surface area contributed by atoms with Gasteiger partial charge in [0.05, 0.1) is 5.69 Å². The van der Waals surface area contributed by atoms with E-state index in [0.717, 1.165) is 17.1 Å². The van der Waals surface area contributed by atoms with E-state index in [1.165, 1.54) is 44.2 Å². The lowest BCUT2D eigenvalue weighted by Gasteiger charge is -2.16. The highest BCUT2D eigenvalue weighted by molar-refractivity contribution is 6.03. The summed E-state index contributed by atoms with van der Waals surface area (Å²) in [7, 11) is 0. The molecule has 6 aromatic carbocycles. The van der Waals surface area contributed by atoms with Crippen LogP contribution in [0.4, 0.5) is 17.1 Å². The maximum Gasteiger partial charge on any atom is 0.0543 e. The van der Waals surface area contributed by atoms with Crippen LogP contribution in [0.5, 0.6) is 0 Å². The Labute approximate surface area is 211 Å². The number of hydrogen-bond donors (Lipinski definition) is 2. The van der Waals surface area contributed by atoms with Crippen LogP contribution >= 0.6 is 0 Å². The van der Waals surface area contributed by atoms with Crippen LogP contribution in [-0.2, 0) is 0 Å². The summed E-state index contributed by atoms with van der Waals surface area (Å²) in [4.78, 5) is 0. The van der Waals surface area contributed by atoms with Crippen molar-refractivity contribution in [3.8, 4) is 33.4 Å². The van der Waals surface area contributed by atoms with Gasteiger partial charge in [-0.05, 0) is 57.5 Å². The molecule has 0 fully saturated rings. The molecule has 0 aliphatic rings. The van der Waals surface area contributed by atoms with E-state index in [9.17, 15) is 0 Å². The highest BCUT2D eigenvalue weighted by Crippen LogP contribution is 2.37. The summed E-state index contributed by atoms with van der Waals surface area (Å²) < 4.78 is 0. The van der Waals surface area contributed by atoms with Crippen LogP contribution in [0.2, 0.25) is 0 Å². The predicted molar refractivity (Wildman–Crippen MR) is 154 cm³/mol. The average molecular weight is 463 g/mol. The Kier molecular flexibility index (Phi) is 5.69. The van der Waals surface area contributed by atoms with E-state index in [2.05, 4.69) is 133 Å². The minimum atomic E-state index is 0.781. The zero-order valence-electron chi connectivity index (χ0n) is 19.9. The lowest BCUT2D eigenvalue weighted by atomic mass is 9.97. The van der Waals surface area contributed by atoms with E-state index >= 15 is 0 Å². The summed E-state index contributed by atoms with van der Waals surface area (Å²) in [5.74, 6) is 0. The number of nitrogens with two attached hydrogens (primary N) is 1. The van der Waals surface area contributed by atoms with E-state index < -0.39 is 0 Å². The number of anilines is 3. The van der Waals surface area contributed by atoms with Gasteiger partial charge in [0.25, 0.3) is 0 Å². The molecule has 2 heteroatoms. The minimum Gasteiger partial charge on any atom is -0.399 e. The van der Waals surface area contributed by atoms with Crippen LogP contribution in [0.15, 0.2) is 140 Å². The van der Waals surface area contributed by atoms with Gasteiger partial charge in [-0.15, -0.1) is 0 Å². The number of nitrogens with one attached hydrogen (secondary N) is 1. The fourth-order valence-electron chi connectivity index (χ4n) is 4.69.